The van der Waals surface area contributed by atoms with Crippen LogP contribution in [0.2, 0.25) is 0 Å². The molecule has 1 aromatic heterocycles. The number of hydrogen-bond acceptors (Lipinski definition) is 7. The topological polar surface area (TPSA) is 125 Å². The number of nitrogens with zero attached hydrogens (tertiary/aromatic N) is 4. The smallest absolute Gasteiger partial charge is 0.357 e. The van der Waals surface area contributed by atoms with Crippen LogP contribution in [0.15, 0.2) is 53.8 Å². The molecular weight excluding hydrogens is 478 g/mol. The maximum Gasteiger partial charge on any atom is 0.357 e. The van der Waals surface area contributed by atoms with Crippen LogP contribution in [0.5, 0.6) is 5.75 Å². The molecule has 36 heavy (non-hydrogen) atoms. The maximum absolute atomic E-state index is 12.8. The highest BCUT2D eigenvalue weighted by molar-refractivity contribution is 8.15. The number of hydrogen-bond donors (Lipinski definition) is 3. The Morgan fingerprint density at radius 3 is 2.67 bits per heavy atom. The number of amidine groups is 1. The first kappa shape index (κ1) is 25.4. The van der Waals surface area contributed by atoms with Gasteiger partial charge in [-0.05, 0) is 36.5 Å². The SMILES string of the molecule is COc1ccc(CC(C)C)c(N2C(=O)CSC2=NC(=O)NNC(C)c2ccc(-c3ncn[nH]3)cc2)c1. The quantitative estimate of drug-likeness (QED) is 0.392. The molecule has 10 nitrogen and oxygen atoms in total. The van der Waals surface area contributed by atoms with Crippen molar-refractivity contribution >= 4 is 34.6 Å². The van der Waals surface area contributed by atoms with Gasteiger partial charge in [0.05, 0.1) is 18.6 Å². The number of nitrogens with one attached hydrogen (secondary N) is 3. The monoisotopic (exact) mass is 507 g/mol. The maximum atomic E-state index is 12.8. The van der Waals surface area contributed by atoms with E-state index in [1.54, 1.807) is 7.11 Å². The van der Waals surface area contributed by atoms with Gasteiger partial charge in [0.15, 0.2) is 11.0 Å². The Morgan fingerprint density at radius 2 is 2.00 bits per heavy atom. The van der Waals surface area contributed by atoms with Crippen molar-refractivity contribution in [3.05, 3.63) is 59.9 Å². The van der Waals surface area contributed by atoms with Crippen LogP contribution in [0, 0.1) is 5.92 Å². The number of thioether (sulfide) groups is 1. The lowest BCUT2D eigenvalue weighted by atomic mass is 10.0. The van der Waals surface area contributed by atoms with Crippen molar-refractivity contribution in [2.45, 2.75) is 33.2 Å². The van der Waals surface area contributed by atoms with Crippen molar-refractivity contribution in [2.75, 3.05) is 17.8 Å². The highest BCUT2D eigenvalue weighted by Gasteiger charge is 2.32. The second kappa shape index (κ2) is 11.4. The van der Waals surface area contributed by atoms with Crippen molar-refractivity contribution in [2.24, 2.45) is 10.9 Å². The van der Waals surface area contributed by atoms with Gasteiger partial charge >= 0.3 is 6.03 Å². The molecule has 4 rings (SSSR count). The van der Waals surface area contributed by atoms with Gasteiger partial charge in [0.1, 0.15) is 12.1 Å². The van der Waals surface area contributed by atoms with Crippen LogP contribution in [0.25, 0.3) is 11.4 Å². The Morgan fingerprint density at radius 1 is 1.22 bits per heavy atom. The Labute approximate surface area is 213 Å². The molecule has 3 aromatic rings. The summed E-state index contributed by atoms with van der Waals surface area (Å²) in [5.74, 6) is 1.80. The largest absolute Gasteiger partial charge is 0.497 e. The molecule has 11 heteroatoms. The summed E-state index contributed by atoms with van der Waals surface area (Å²) < 4.78 is 5.38. The summed E-state index contributed by atoms with van der Waals surface area (Å²) >= 11 is 1.24. The Bertz CT molecular complexity index is 1240. The lowest BCUT2D eigenvalue weighted by Gasteiger charge is -2.21. The van der Waals surface area contributed by atoms with E-state index in [0.717, 1.165) is 23.1 Å². The predicted molar refractivity (Wildman–Crippen MR) is 141 cm³/mol. The number of urea groups is 1. The number of aromatic nitrogens is 3. The van der Waals surface area contributed by atoms with Gasteiger partial charge in [-0.15, -0.1) is 0 Å². The van der Waals surface area contributed by atoms with E-state index in [1.807, 2.05) is 49.4 Å². The Balaban J connectivity index is 1.45. The molecule has 3 N–H and O–H groups in total. The van der Waals surface area contributed by atoms with E-state index < -0.39 is 6.03 Å². The number of anilines is 1. The molecule has 0 spiro atoms. The first-order chi connectivity index (χ1) is 17.4. The van der Waals surface area contributed by atoms with E-state index in [-0.39, 0.29) is 17.7 Å². The van der Waals surface area contributed by atoms with Gasteiger partial charge < -0.3 is 4.74 Å². The van der Waals surface area contributed by atoms with Crippen LogP contribution in [0.3, 0.4) is 0 Å². The van der Waals surface area contributed by atoms with Crippen LogP contribution in [0.4, 0.5) is 10.5 Å². The standard InChI is InChI=1S/C25H29N7O3S/c1-15(2)11-19-9-10-20(35-4)12-21(19)32-22(33)13-36-25(32)28-24(34)31-29-16(3)17-5-7-18(8-6-17)23-26-14-27-30-23/h5-10,12,14-16,29H,11,13H2,1-4H3,(H,31,34)(H,26,27,30). The van der Waals surface area contributed by atoms with Crippen LogP contribution in [-0.2, 0) is 11.2 Å². The van der Waals surface area contributed by atoms with Gasteiger partial charge in [-0.25, -0.2) is 15.2 Å². The average Bonchev–Trinajstić information content (AvgIpc) is 3.53. The number of carbonyl (C=O) groups excluding carboxylic acids is 2. The third kappa shape index (κ3) is 5.92. The van der Waals surface area contributed by atoms with Crippen molar-refractivity contribution < 1.29 is 14.3 Å². The zero-order valence-corrected chi connectivity index (χ0v) is 21.4. The normalized spacial score (nSPS) is 15.5. The second-order valence-corrected chi connectivity index (χ2v) is 9.70. The van der Waals surface area contributed by atoms with Gasteiger partial charge in [0.25, 0.3) is 0 Å². The first-order valence-corrected chi connectivity index (χ1v) is 12.6. The van der Waals surface area contributed by atoms with Crippen molar-refractivity contribution in [1.29, 1.82) is 0 Å². The lowest BCUT2D eigenvalue weighted by molar-refractivity contribution is -0.115. The number of benzene rings is 2. The molecule has 1 fully saturated rings. The molecular formula is C25H29N7O3S. The molecule has 1 aliphatic rings. The number of amides is 3. The second-order valence-electron chi connectivity index (χ2n) is 8.76. The molecule has 1 atom stereocenters. The van der Waals surface area contributed by atoms with Crippen LogP contribution in [0.1, 0.15) is 37.9 Å². The van der Waals surface area contributed by atoms with Crippen LogP contribution >= 0.6 is 11.8 Å². The highest BCUT2D eigenvalue weighted by atomic mass is 32.2. The fourth-order valence-corrected chi connectivity index (χ4v) is 4.67. The zero-order chi connectivity index (χ0) is 25.7. The summed E-state index contributed by atoms with van der Waals surface area (Å²) in [6.45, 7) is 6.16. The number of aliphatic imine (C=N–C) groups is 1. The predicted octanol–water partition coefficient (Wildman–Crippen LogP) is 4.09. The molecule has 0 radical (unpaired) electrons. The Hall–Kier alpha value is -3.70. The van der Waals surface area contributed by atoms with E-state index in [4.69, 9.17) is 4.74 Å². The summed E-state index contributed by atoms with van der Waals surface area (Å²) in [5.41, 5.74) is 9.17. The molecule has 0 saturated carbocycles. The molecule has 3 amide bonds. The fourth-order valence-electron chi connectivity index (χ4n) is 3.82. The van der Waals surface area contributed by atoms with Gasteiger partial charge in [-0.2, -0.15) is 10.1 Å². The molecule has 0 aliphatic carbocycles. The summed E-state index contributed by atoms with van der Waals surface area (Å²) in [7, 11) is 1.58. The van der Waals surface area contributed by atoms with Crippen molar-refractivity contribution in [1.82, 2.24) is 26.0 Å². The third-order valence-corrected chi connectivity index (χ3v) is 6.54. The molecule has 1 saturated heterocycles. The van der Waals surface area contributed by atoms with Gasteiger partial charge in [-0.3, -0.25) is 20.2 Å². The number of H-pyrrole nitrogens is 1. The molecule has 2 heterocycles. The molecule has 1 unspecified atom stereocenters. The van der Waals surface area contributed by atoms with E-state index in [2.05, 4.69) is 44.9 Å². The van der Waals surface area contributed by atoms with Gasteiger partial charge in [0.2, 0.25) is 5.91 Å². The third-order valence-electron chi connectivity index (χ3n) is 5.62. The van der Waals surface area contributed by atoms with E-state index >= 15 is 0 Å². The lowest BCUT2D eigenvalue weighted by Crippen LogP contribution is -2.39. The number of carbonyl (C=O) groups is 2. The van der Waals surface area contributed by atoms with Gasteiger partial charge in [0, 0.05) is 17.7 Å². The molecule has 1 aliphatic heterocycles. The van der Waals surface area contributed by atoms with Crippen molar-refractivity contribution in [3.63, 3.8) is 0 Å². The Kier molecular flexibility index (Phi) is 8.01. The van der Waals surface area contributed by atoms with Crippen molar-refractivity contribution in [3.8, 4) is 17.1 Å². The average molecular weight is 508 g/mol. The number of aromatic amines is 1. The van der Waals surface area contributed by atoms with E-state index in [1.165, 1.54) is 23.0 Å². The highest BCUT2D eigenvalue weighted by Crippen LogP contribution is 2.34. The van der Waals surface area contributed by atoms with Crippen LogP contribution in [-0.4, -0.2) is 45.1 Å². The molecule has 188 valence electrons. The first-order valence-electron chi connectivity index (χ1n) is 11.6. The summed E-state index contributed by atoms with van der Waals surface area (Å²) in [6.07, 6.45) is 2.24. The minimum Gasteiger partial charge on any atom is -0.497 e. The van der Waals surface area contributed by atoms with Gasteiger partial charge in [-0.1, -0.05) is 55.9 Å². The number of ether oxygens (including phenoxy) is 1. The summed E-state index contributed by atoms with van der Waals surface area (Å²) in [4.78, 5) is 35.3. The fraction of sp³-hybridized carbons (Fsp3) is 0.320. The minimum absolute atomic E-state index is 0.127. The summed E-state index contributed by atoms with van der Waals surface area (Å²) in [6, 6.07) is 12.6. The number of hydrazine groups is 1. The van der Waals surface area contributed by atoms with E-state index in [0.29, 0.717) is 28.3 Å². The molecule has 2 aromatic carbocycles. The van der Waals surface area contributed by atoms with E-state index in [9.17, 15) is 9.59 Å². The zero-order valence-electron chi connectivity index (χ0n) is 20.6. The minimum atomic E-state index is -0.587. The number of methoxy groups -OCH3 is 1. The summed E-state index contributed by atoms with van der Waals surface area (Å²) in [5, 5.41) is 7.02. The molecule has 0 bridgehead atoms. The van der Waals surface area contributed by atoms with Crippen LogP contribution < -0.4 is 20.5 Å². The number of rotatable bonds is 8.